The third-order valence-electron chi connectivity index (χ3n) is 4.15. The minimum absolute atomic E-state index is 0.215. The number of aryl methyl sites for hydroxylation is 2. The van der Waals surface area contributed by atoms with E-state index in [1.54, 1.807) is 6.07 Å². The van der Waals surface area contributed by atoms with E-state index in [0.29, 0.717) is 11.4 Å². The third kappa shape index (κ3) is 4.56. The molecule has 2 aromatic heterocycles. The van der Waals surface area contributed by atoms with E-state index >= 15 is 0 Å². The summed E-state index contributed by atoms with van der Waals surface area (Å²) >= 11 is 1.30. The normalized spacial score (nSPS) is 10.6. The zero-order valence-corrected chi connectivity index (χ0v) is 16.5. The summed E-state index contributed by atoms with van der Waals surface area (Å²) in [6.07, 6.45) is 0.215. The molecule has 3 aromatic rings. The molecule has 1 amide bonds. The van der Waals surface area contributed by atoms with Crippen molar-refractivity contribution in [2.24, 2.45) is 0 Å². The lowest BCUT2D eigenvalue weighted by atomic mass is 10.1. The first-order valence-electron chi connectivity index (χ1n) is 8.81. The number of ether oxygens (including phenoxy) is 1. The first-order chi connectivity index (χ1) is 13.5. The maximum absolute atomic E-state index is 12.3. The van der Waals surface area contributed by atoms with Gasteiger partial charge in [0, 0.05) is 11.9 Å². The first kappa shape index (κ1) is 19.6. The molecular formula is C20H20N4O3S. The van der Waals surface area contributed by atoms with Crippen molar-refractivity contribution < 1.29 is 14.3 Å². The summed E-state index contributed by atoms with van der Waals surface area (Å²) in [4.78, 5) is 25.2. The second-order valence-corrected chi connectivity index (χ2v) is 7.42. The molecule has 8 heteroatoms. The fourth-order valence-corrected chi connectivity index (χ4v) is 3.75. The smallest absolute Gasteiger partial charge is 0.348 e. The minimum Gasteiger partial charge on any atom is -0.451 e. The lowest BCUT2D eigenvalue weighted by Crippen LogP contribution is -2.29. The Morgan fingerprint density at radius 3 is 2.75 bits per heavy atom. The van der Waals surface area contributed by atoms with Gasteiger partial charge in [-0.2, -0.15) is 10.4 Å². The molecule has 0 aliphatic heterocycles. The van der Waals surface area contributed by atoms with Crippen LogP contribution in [0.15, 0.2) is 30.3 Å². The maximum atomic E-state index is 12.3. The number of hydrogen-bond acceptors (Lipinski definition) is 6. The number of nitrogens with zero attached hydrogens (tertiary/aromatic N) is 3. The Morgan fingerprint density at radius 2 is 2.04 bits per heavy atom. The lowest BCUT2D eigenvalue weighted by molar-refractivity contribution is -0.124. The highest BCUT2D eigenvalue weighted by molar-refractivity contribution is 7.20. The summed E-state index contributed by atoms with van der Waals surface area (Å²) in [5, 5.41) is 16.4. The van der Waals surface area contributed by atoms with Crippen LogP contribution in [0.5, 0.6) is 0 Å². The van der Waals surface area contributed by atoms with Gasteiger partial charge in [0.25, 0.3) is 5.91 Å². The summed E-state index contributed by atoms with van der Waals surface area (Å²) in [6.45, 7) is 4.43. The van der Waals surface area contributed by atoms with Gasteiger partial charge in [0.05, 0.1) is 24.7 Å². The van der Waals surface area contributed by atoms with E-state index in [1.165, 1.54) is 16.9 Å². The second-order valence-electron chi connectivity index (χ2n) is 6.39. The highest BCUT2D eigenvalue weighted by Crippen LogP contribution is 2.29. The van der Waals surface area contributed by atoms with Crippen LogP contribution in [0.4, 0.5) is 0 Å². The minimum atomic E-state index is -0.544. The maximum Gasteiger partial charge on any atom is 0.348 e. The van der Waals surface area contributed by atoms with E-state index in [-0.39, 0.29) is 19.6 Å². The van der Waals surface area contributed by atoms with Gasteiger partial charge in [0.2, 0.25) is 0 Å². The number of aromatic nitrogens is 2. The first-order valence-corrected chi connectivity index (χ1v) is 9.63. The number of thiophene rings is 1. The lowest BCUT2D eigenvalue weighted by Gasteiger charge is -2.04. The monoisotopic (exact) mass is 396 g/mol. The Kier molecular flexibility index (Phi) is 6.06. The van der Waals surface area contributed by atoms with Gasteiger partial charge in [-0.05, 0) is 25.5 Å². The van der Waals surface area contributed by atoms with Crippen molar-refractivity contribution in [2.75, 3.05) is 13.2 Å². The number of nitriles is 1. The molecule has 0 fully saturated rings. The van der Waals surface area contributed by atoms with E-state index in [9.17, 15) is 9.59 Å². The number of hydrogen-bond donors (Lipinski definition) is 1. The topological polar surface area (TPSA) is 97.0 Å². The summed E-state index contributed by atoms with van der Waals surface area (Å²) in [5.41, 5.74) is 3.16. The van der Waals surface area contributed by atoms with Crippen molar-refractivity contribution >= 4 is 33.4 Å². The third-order valence-corrected chi connectivity index (χ3v) is 5.28. The second kappa shape index (κ2) is 8.67. The van der Waals surface area contributed by atoms with Gasteiger partial charge in [0.15, 0.2) is 6.61 Å². The predicted molar refractivity (Wildman–Crippen MR) is 106 cm³/mol. The molecule has 0 radical (unpaired) electrons. The summed E-state index contributed by atoms with van der Waals surface area (Å²) in [7, 11) is 0. The largest absolute Gasteiger partial charge is 0.451 e. The van der Waals surface area contributed by atoms with Crippen LogP contribution in [0.25, 0.3) is 10.2 Å². The van der Waals surface area contributed by atoms with Crippen LogP contribution in [-0.4, -0.2) is 34.8 Å². The van der Waals surface area contributed by atoms with Gasteiger partial charge in [-0.15, -0.1) is 11.3 Å². The average Bonchev–Trinajstić information content (AvgIpc) is 3.23. The number of esters is 1. The van der Waals surface area contributed by atoms with Crippen LogP contribution in [0.3, 0.4) is 0 Å². The Balaban J connectivity index is 1.70. The molecule has 1 N–H and O–H groups in total. The molecule has 3 rings (SSSR count). The molecule has 0 aliphatic rings. The molecule has 0 unspecified atom stereocenters. The van der Waals surface area contributed by atoms with Crippen LogP contribution in [0.2, 0.25) is 0 Å². The molecule has 0 saturated carbocycles. The summed E-state index contributed by atoms with van der Waals surface area (Å²) in [5.74, 6) is -0.968. The molecule has 0 spiro atoms. The molecule has 0 bridgehead atoms. The van der Waals surface area contributed by atoms with Crippen molar-refractivity contribution in [1.82, 2.24) is 15.1 Å². The quantitative estimate of drug-likeness (QED) is 0.489. The van der Waals surface area contributed by atoms with Crippen molar-refractivity contribution in [3.8, 4) is 6.07 Å². The Hall–Kier alpha value is -3.18. The number of benzene rings is 1. The SMILES string of the molecule is Cc1ccc(Cn2nc(C)c3cc(C(=O)OCC(=O)NCCC#N)sc32)cc1. The molecule has 2 heterocycles. The molecule has 7 nitrogen and oxygen atoms in total. The zero-order valence-electron chi connectivity index (χ0n) is 15.7. The van der Waals surface area contributed by atoms with Gasteiger partial charge in [-0.25, -0.2) is 4.79 Å². The molecule has 0 saturated heterocycles. The van der Waals surface area contributed by atoms with Crippen molar-refractivity contribution in [3.63, 3.8) is 0 Å². The Labute approximate surface area is 166 Å². The van der Waals surface area contributed by atoms with Crippen LogP contribution in [-0.2, 0) is 16.1 Å². The van der Waals surface area contributed by atoms with Gasteiger partial charge in [-0.3, -0.25) is 9.48 Å². The molecule has 28 heavy (non-hydrogen) atoms. The van der Waals surface area contributed by atoms with Crippen molar-refractivity contribution in [2.45, 2.75) is 26.8 Å². The number of nitrogens with one attached hydrogen (secondary N) is 1. The fourth-order valence-electron chi connectivity index (χ4n) is 2.70. The van der Waals surface area contributed by atoms with Gasteiger partial charge < -0.3 is 10.1 Å². The standard InChI is InChI=1S/C20H20N4O3S/c1-13-4-6-15(7-5-13)11-24-19-16(14(2)23-24)10-17(28-19)20(26)27-12-18(25)22-9-3-8-21/h4-7,10H,3,9,11-12H2,1-2H3,(H,22,25). The molecular weight excluding hydrogens is 376 g/mol. The summed E-state index contributed by atoms with van der Waals surface area (Å²) < 4.78 is 6.96. The average molecular weight is 396 g/mol. The van der Waals surface area contributed by atoms with E-state index in [2.05, 4.69) is 34.7 Å². The number of rotatable bonds is 7. The van der Waals surface area contributed by atoms with E-state index in [4.69, 9.17) is 10.00 Å². The number of fused-ring (bicyclic) bond motifs is 1. The van der Waals surface area contributed by atoms with Gasteiger partial charge in [0.1, 0.15) is 9.71 Å². The molecule has 0 atom stereocenters. The van der Waals surface area contributed by atoms with Gasteiger partial charge >= 0.3 is 5.97 Å². The number of amides is 1. The molecule has 144 valence electrons. The fraction of sp³-hybridized carbons (Fsp3) is 0.300. The predicted octanol–water partition coefficient (Wildman–Crippen LogP) is 2.95. The zero-order chi connectivity index (χ0) is 20.1. The Morgan fingerprint density at radius 1 is 1.29 bits per heavy atom. The highest BCUT2D eigenvalue weighted by Gasteiger charge is 2.18. The highest BCUT2D eigenvalue weighted by atomic mass is 32.1. The van der Waals surface area contributed by atoms with Crippen molar-refractivity contribution in [1.29, 1.82) is 5.26 Å². The summed E-state index contributed by atoms with van der Waals surface area (Å²) in [6, 6.07) is 11.9. The Bertz CT molecular complexity index is 1040. The van der Waals surface area contributed by atoms with E-state index in [0.717, 1.165) is 21.5 Å². The van der Waals surface area contributed by atoms with E-state index < -0.39 is 11.9 Å². The number of carbonyl (C=O) groups is 2. The molecule has 1 aromatic carbocycles. The van der Waals surface area contributed by atoms with Crippen LogP contribution in [0, 0.1) is 25.2 Å². The van der Waals surface area contributed by atoms with Gasteiger partial charge in [-0.1, -0.05) is 29.8 Å². The van der Waals surface area contributed by atoms with Crippen LogP contribution >= 0.6 is 11.3 Å². The number of carbonyl (C=O) groups excluding carboxylic acids is 2. The van der Waals surface area contributed by atoms with Crippen LogP contribution in [0.1, 0.15) is 32.9 Å². The van der Waals surface area contributed by atoms with Crippen molar-refractivity contribution in [3.05, 3.63) is 52.0 Å². The molecule has 0 aliphatic carbocycles. The van der Waals surface area contributed by atoms with Crippen LogP contribution < -0.4 is 5.32 Å². The van der Waals surface area contributed by atoms with E-state index in [1.807, 2.05) is 24.6 Å².